The molecule has 3 heteroatoms. The average molecular weight is 251 g/mol. The Hall–Kier alpha value is -2.42. The Labute approximate surface area is 111 Å². The summed E-state index contributed by atoms with van der Waals surface area (Å²) in [6.45, 7) is 0.709. The van der Waals surface area contributed by atoms with Crippen LogP contribution in [0, 0.1) is 0 Å². The molecule has 2 aromatic rings. The fourth-order valence-corrected chi connectivity index (χ4v) is 2.45. The van der Waals surface area contributed by atoms with Crippen molar-refractivity contribution < 1.29 is 9.90 Å². The monoisotopic (exact) mass is 251 g/mol. The maximum atomic E-state index is 11.3. The van der Waals surface area contributed by atoms with Gasteiger partial charge in [0, 0.05) is 17.7 Å². The SMILES string of the molecule is O=C(O)c1ccccc1C1=NCCc2ccccc21. The van der Waals surface area contributed by atoms with Gasteiger partial charge < -0.3 is 5.11 Å². The molecule has 1 N–H and O–H groups in total. The van der Waals surface area contributed by atoms with Crippen molar-refractivity contribution in [3.63, 3.8) is 0 Å². The van der Waals surface area contributed by atoms with Crippen LogP contribution in [0.25, 0.3) is 0 Å². The van der Waals surface area contributed by atoms with Gasteiger partial charge in [-0.3, -0.25) is 4.99 Å². The van der Waals surface area contributed by atoms with E-state index in [1.54, 1.807) is 12.1 Å². The summed E-state index contributed by atoms with van der Waals surface area (Å²) in [5.41, 5.74) is 4.06. The summed E-state index contributed by atoms with van der Waals surface area (Å²) in [7, 11) is 0. The van der Waals surface area contributed by atoms with Gasteiger partial charge in [-0.15, -0.1) is 0 Å². The van der Waals surface area contributed by atoms with Gasteiger partial charge in [-0.1, -0.05) is 42.5 Å². The van der Waals surface area contributed by atoms with E-state index in [1.165, 1.54) is 5.56 Å². The number of aromatic carboxylic acids is 1. The smallest absolute Gasteiger partial charge is 0.336 e. The van der Waals surface area contributed by atoms with Crippen LogP contribution < -0.4 is 0 Å². The predicted octanol–water partition coefficient (Wildman–Crippen LogP) is 2.78. The number of carboxylic acids is 1. The van der Waals surface area contributed by atoms with Gasteiger partial charge in [-0.05, 0) is 18.1 Å². The van der Waals surface area contributed by atoms with Crippen molar-refractivity contribution in [1.29, 1.82) is 0 Å². The van der Waals surface area contributed by atoms with Gasteiger partial charge >= 0.3 is 5.97 Å². The zero-order valence-corrected chi connectivity index (χ0v) is 10.3. The van der Waals surface area contributed by atoms with Crippen LogP contribution in [0.4, 0.5) is 0 Å². The molecule has 0 bridgehead atoms. The van der Waals surface area contributed by atoms with Crippen molar-refractivity contribution in [2.45, 2.75) is 6.42 Å². The van der Waals surface area contributed by atoms with E-state index < -0.39 is 5.97 Å². The van der Waals surface area contributed by atoms with Gasteiger partial charge in [0.2, 0.25) is 0 Å². The minimum Gasteiger partial charge on any atom is -0.478 e. The fraction of sp³-hybridized carbons (Fsp3) is 0.125. The molecule has 0 aromatic heterocycles. The molecule has 1 aliphatic rings. The zero-order valence-electron chi connectivity index (χ0n) is 10.3. The molecule has 0 amide bonds. The molecule has 0 radical (unpaired) electrons. The third kappa shape index (κ3) is 2.03. The molecule has 3 rings (SSSR count). The Morgan fingerprint density at radius 2 is 1.68 bits per heavy atom. The Balaban J connectivity index is 2.18. The molecule has 1 aliphatic heterocycles. The highest BCUT2D eigenvalue weighted by Gasteiger charge is 2.19. The average Bonchev–Trinajstić information content (AvgIpc) is 2.46. The van der Waals surface area contributed by atoms with Crippen molar-refractivity contribution in [2.24, 2.45) is 4.99 Å². The Morgan fingerprint density at radius 3 is 2.47 bits per heavy atom. The molecule has 0 unspecified atom stereocenters. The highest BCUT2D eigenvalue weighted by Crippen LogP contribution is 2.22. The van der Waals surface area contributed by atoms with Gasteiger partial charge in [-0.25, -0.2) is 4.79 Å². The van der Waals surface area contributed by atoms with Crippen molar-refractivity contribution in [1.82, 2.24) is 0 Å². The molecule has 0 atom stereocenters. The van der Waals surface area contributed by atoms with Crippen LogP contribution in [0.1, 0.15) is 27.0 Å². The normalized spacial score (nSPS) is 13.6. The molecule has 3 nitrogen and oxygen atoms in total. The summed E-state index contributed by atoms with van der Waals surface area (Å²) in [6, 6.07) is 15.1. The first-order valence-corrected chi connectivity index (χ1v) is 6.23. The molecule has 94 valence electrons. The lowest BCUT2D eigenvalue weighted by atomic mass is 9.91. The van der Waals surface area contributed by atoms with Gasteiger partial charge in [0.15, 0.2) is 0 Å². The quantitative estimate of drug-likeness (QED) is 0.892. The molecule has 2 aromatic carbocycles. The second-order valence-corrected chi connectivity index (χ2v) is 4.49. The largest absolute Gasteiger partial charge is 0.478 e. The van der Waals surface area contributed by atoms with Crippen molar-refractivity contribution >= 4 is 11.7 Å². The third-order valence-electron chi connectivity index (χ3n) is 3.34. The first-order valence-electron chi connectivity index (χ1n) is 6.23. The van der Waals surface area contributed by atoms with E-state index in [2.05, 4.69) is 11.1 Å². The molecule has 0 aliphatic carbocycles. The molecular formula is C16H13NO2. The summed E-state index contributed by atoms with van der Waals surface area (Å²) >= 11 is 0. The zero-order chi connectivity index (χ0) is 13.2. The van der Waals surface area contributed by atoms with E-state index in [1.807, 2.05) is 30.3 Å². The van der Waals surface area contributed by atoms with E-state index in [9.17, 15) is 9.90 Å². The topological polar surface area (TPSA) is 49.7 Å². The highest BCUT2D eigenvalue weighted by molar-refractivity contribution is 6.18. The number of benzene rings is 2. The minimum absolute atomic E-state index is 0.304. The van der Waals surface area contributed by atoms with E-state index >= 15 is 0 Å². The third-order valence-corrected chi connectivity index (χ3v) is 3.34. The number of rotatable bonds is 2. The second-order valence-electron chi connectivity index (χ2n) is 4.49. The molecule has 1 heterocycles. The van der Waals surface area contributed by atoms with E-state index in [0.29, 0.717) is 17.7 Å². The van der Waals surface area contributed by atoms with Crippen LogP contribution in [0.3, 0.4) is 0 Å². The Kier molecular flexibility index (Phi) is 2.88. The van der Waals surface area contributed by atoms with Crippen molar-refractivity contribution in [3.8, 4) is 0 Å². The molecule has 0 saturated carbocycles. The lowest BCUT2D eigenvalue weighted by Gasteiger charge is -2.18. The standard InChI is InChI=1S/C16H13NO2/c18-16(19)14-8-4-3-7-13(14)15-12-6-2-1-5-11(12)9-10-17-15/h1-8H,9-10H2,(H,18,19). The Bertz CT molecular complexity index is 674. The maximum absolute atomic E-state index is 11.3. The summed E-state index contributed by atoms with van der Waals surface area (Å²) in [4.78, 5) is 15.9. The molecular weight excluding hydrogens is 238 g/mol. The fourth-order valence-electron chi connectivity index (χ4n) is 2.45. The molecule has 19 heavy (non-hydrogen) atoms. The molecule has 0 spiro atoms. The first kappa shape index (κ1) is 11.7. The summed E-state index contributed by atoms with van der Waals surface area (Å²) < 4.78 is 0. The molecule has 0 saturated heterocycles. The number of carbonyl (C=O) groups is 1. The van der Waals surface area contributed by atoms with Crippen molar-refractivity contribution in [2.75, 3.05) is 6.54 Å². The maximum Gasteiger partial charge on any atom is 0.336 e. The van der Waals surface area contributed by atoms with Gasteiger partial charge in [0.25, 0.3) is 0 Å². The Morgan fingerprint density at radius 1 is 1.00 bits per heavy atom. The summed E-state index contributed by atoms with van der Waals surface area (Å²) in [5.74, 6) is -0.915. The number of hydrogen-bond acceptors (Lipinski definition) is 2. The lowest BCUT2D eigenvalue weighted by molar-refractivity contribution is 0.0696. The summed E-state index contributed by atoms with van der Waals surface area (Å²) in [5, 5.41) is 9.29. The van der Waals surface area contributed by atoms with Crippen LogP contribution in [0.15, 0.2) is 53.5 Å². The van der Waals surface area contributed by atoms with Crippen LogP contribution in [-0.2, 0) is 6.42 Å². The van der Waals surface area contributed by atoms with E-state index in [4.69, 9.17) is 0 Å². The van der Waals surface area contributed by atoms with Crippen molar-refractivity contribution in [3.05, 3.63) is 70.8 Å². The van der Waals surface area contributed by atoms with E-state index in [-0.39, 0.29) is 0 Å². The summed E-state index contributed by atoms with van der Waals surface area (Å²) in [6.07, 6.45) is 0.912. The van der Waals surface area contributed by atoms with Crippen LogP contribution >= 0.6 is 0 Å². The lowest BCUT2D eigenvalue weighted by Crippen LogP contribution is -2.17. The number of fused-ring (bicyclic) bond motifs is 1. The number of nitrogens with zero attached hydrogens (tertiary/aromatic N) is 1. The second kappa shape index (κ2) is 4.69. The van der Waals surface area contributed by atoms with Gasteiger partial charge in [0.1, 0.15) is 0 Å². The number of aliphatic imine (C=N–C) groups is 1. The van der Waals surface area contributed by atoms with Gasteiger partial charge in [-0.2, -0.15) is 0 Å². The first-order chi connectivity index (χ1) is 9.27. The highest BCUT2D eigenvalue weighted by atomic mass is 16.4. The van der Waals surface area contributed by atoms with Gasteiger partial charge in [0.05, 0.1) is 11.3 Å². The van der Waals surface area contributed by atoms with Crippen LogP contribution in [0.2, 0.25) is 0 Å². The predicted molar refractivity (Wildman–Crippen MR) is 74.1 cm³/mol. The molecule has 0 fully saturated rings. The van der Waals surface area contributed by atoms with E-state index in [0.717, 1.165) is 17.7 Å². The van der Waals surface area contributed by atoms with Crippen LogP contribution in [-0.4, -0.2) is 23.3 Å². The minimum atomic E-state index is -0.915. The number of hydrogen-bond donors (Lipinski definition) is 1. The number of carboxylic acid groups (broad SMARTS) is 1. The van der Waals surface area contributed by atoms with Crippen LogP contribution in [0.5, 0.6) is 0 Å².